The van der Waals surface area contributed by atoms with E-state index in [9.17, 15) is 0 Å². The molecule has 0 amide bonds. The molecule has 0 aromatic rings. The highest BCUT2D eigenvalue weighted by Gasteiger charge is 2.24. The van der Waals surface area contributed by atoms with Gasteiger partial charge in [0, 0.05) is 13.5 Å². The summed E-state index contributed by atoms with van der Waals surface area (Å²) in [5.74, 6) is 0. The smallest absolute Gasteiger partial charge is 0.0819 e. The first kappa shape index (κ1) is 5.06. The Labute approximate surface area is 43.5 Å². The van der Waals surface area contributed by atoms with E-state index in [0.717, 1.165) is 6.54 Å². The molecule has 0 aromatic heterocycles. The second-order valence-corrected chi connectivity index (χ2v) is 2.03. The molecule has 2 radical (unpaired) electrons. The normalized spacial score (nSPS) is 42.0. The molecule has 1 rings (SSSR count). The first-order chi connectivity index (χ1) is 3.21. The van der Waals surface area contributed by atoms with Gasteiger partial charge in [-0.1, -0.05) is 0 Å². The van der Waals surface area contributed by atoms with E-state index >= 15 is 0 Å². The molecule has 0 spiro atoms. The first-order valence-electron chi connectivity index (χ1n) is 2.43. The van der Waals surface area contributed by atoms with E-state index in [1.54, 1.807) is 0 Å². The van der Waals surface area contributed by atoms with Crippen LogP contribution in [0.1, 0.15) is 6.42 Å². The zero-order valence-electron chi connectivity index (χ0n) is 4.15. The van der Waals surface area contributed by atoms with Crippen molar-refractivity contribution in [1.29, 1.82) is 0 Å². The van der Waals surface area contributed by atoms with Crippen molar-refractivity contribution < 1.29 is 5.11 Å². The van der Waals surface area contributed by atoms with E-state index in [2.05, 4.69) is 5.32 Å². The van der Waals surface area contributed by atoms with Crippen LogP contribution >= 0.6 is 0 Å². The molecule has 1 aliphatic rings. The molecule has 2 nitrogen and oxygen atoms in total. The summed E-state index contributed by atoms with van der Waals surface area (Å²) in [5, 5.41) is 11.8. The highest BCUT2D eigenvalue weighted by Crippen LogP contribution is 2.10. The van der Waals surface area contributed by atoms with Gasteiger partial charge in [-0.3, -0.25) is 0 Å². The summed E-state index contributed by atoms with van der Waals surface area (Å²) in [5.41, 5.74) is -0.917. The maximum atomic E-state index is 8.91. The molecule has 0 saturated carbocycles. The second-order valence-electron chi connectivity index (χ2n) is 2.03. The third-order valence-electron chi connectivity index (χ3n) is 1.17. The van der Waals surface area contributed by atoms with Gasteiger partial charge in [0.05, 0.1) is 5.60 Å². The van der Waals surface area contributed by atoms with E-state index in [4.69, 9.17) is 12.0 Å². The number of β-amino-alcohol motifs (C(OH)–C–C–N with tert-alkyl or cyclic N) is 1. The minimum atomic E-state index is -0.917. The van der Waals surface area contributed by atoms with E-state index in [1.165, 1.54) is 0 Å². The third kappa shape index (κ3) is 1.14. The Hall–Kier alpha value is -0.0800. The number of nitrogens with one attached hydrogen (secondary N) is 1. The number of rotatable bonds is 0. The van der Waals surface area contributed by atoms with Crippen LogP contribution in [0.3, 0.4) is 0 Å². The molecule has 40 valence electrons. The van der Waals surface area contributed by atoms with Crippen LogP contribution in [-0.2, 0) is 0 Å². The van der Waals surface area contributed by atoms with Crippen molar-refractivity contribution >= 4 is 0 Å². The number of hydrogen-bond donors (Lipinski definition) is 2. The van der Waals surface area contributed by atoms with Crippen molar-refractivity contribution in [2.24, 2.45) is 0 Å². The van der Waals surface area contributed by atoms with E-state index in [-0.39, 0.29) is 0 Å². The topological polar surface area (TPSA) is 32.3 Å². The van der Waals surface area contributed by atoms with Gasteiger partial charge in [-0.25, -0.2) is 0 Å². The van der Waals surface area contributed by atoms with Gasteiger partial charge in [-0.15, -0.1) is 0 Å². The first-order valence-corrected chi connectivity index (χ1v) is 2.43. The van der Waals surface area contributed by atoms with Crippen molar-refractivity contribution in [1.82, 2.24) is 5.32 Å². The molecule has 0 aromatic carbocycles. The Morgan fingerprint density at radius 2 is 2.43 bits per heavy atom. The zero-order valence-corrected chi connectivity index (χ0v) is 4.15. The van der Waals surface area contributed by atoms with Gasteiger partial charge in [-0.05, 0) is 13.0 Å². The molecule has 1 aliphatic heterocycles. The summed E-state index contributed by atoms with van der Waals surface area (Å²) < 4.78 is 0. The van der Waals surface area contributed by atoms with Crippen LogP contribution in [0.2, 0.25) is 0 Å². The van der Waals surface area contributed by atoms with Gasteiger partial charge in [0.2, 0.25) is 0 Å². The number of aliphatic hydroxyl groups is 1. The van der Waals surface area contributed by atoms with Gasteiger partial charge in [-0.2, -0.15) is 0 Å². The van der Waals surface area contributed by atoms with Crippen LogP contribution in [0.25, 0.3) is 0 Å². The lowest BCUT2D eigenvalue weighted by atomic mass is 10.1. The molecule has 1 fully saturated rings. The quantitative estimate of drug-likeness (QED) is 0.426. The van der Waals surface area contributed by atoms with Gasteiger partial charge >= 0.3 is 0 Å². The Bertz CT molecular complexity index is 62.5. The average molecular weight is 99.1 g/mol. The van der Waals surface area contributed by atoms with Gasteiger partial charge in [0.15, 0.2) is 0 Å². The Kier molecular flexibility index (Phi) is 1.05. The minimum absolute atomic E-state index is 0.535. The fourth-order valence-electron chi connectivity index (χ4n) is 0.698. The minimum Gasteiger partial charge on any atom is -0.388 e. The molecule has 0 aliphatic carbocycles. The molecule has 1 heterocycles. The highest BCUT2D eigenvalue weighted by molar-refractivity contribution is 4.89. The summed E-state index contributed by atoms with van der Waals surface area (Å²) in [6, 6.07) is 0. The van der Waals surface area contributed by atoms with Crippen molar-refractivity contribution in [3.8, 4) is 0 Å². The number of hydrogen-bond acceptors (Lipinski definition) is 2. The van der Waals surface area contributed by atoms with Crippen LogP contribution in [0, 0.1) is 6.92 Å². The van der Waals surface area contributed by atoms with E-state index in [1.807, 2.05) is 0 Å². The maximum absolute atomic E-state index is 8.91. The molecule has 7 heavy (non-hydrogen) atoms. The Morgan fingerprint density at radius 1 is 1.71 bits per heavy atom. The predicted molar refractivity (Wildman–Crippen MR) is 26.7 cm³/mol. The standard InChI is InChI=1S/C5H9NO/c1-5(7)2-3-6-4-5/h1,6-7H,2-4H2. The zero-order chi connectivity index (χ0) is 5.33. The van der Waals surface area contributed by atoms with Crippen molar-refractivity contribution in [2.75, 3.05) is 13.1 Å². The summed E-state index contributed by atoms with van der Waals surface area (Å²) in [7, 11) is 0. The third-order valence-corrected chi connectivity index (χ3v) is 1.17. The summed E-state index contributed by atoms with van der Waals surface area (Å²) >= 11 is 0. The van der Waals surface area contributed by atoms with Crippen LogP contribution in [0.4, 0.5) is 0 Å². The maximum Gasteiger partial charge on any atom is 0.0819 e. The molecule has 1 unspecified atom stereocenters. The highest BCUT2D eigenvalue weighted by atomic mass is 16.3. The summed E-state index contributed by atoms with van der Waals surface area (Å²) in [4.78, 5) is 0. The lowest BCUT2D eigenvalue weighted by Gasteiger charge is -2.10. The molecule has 1 saturated heterocycles. The molecule has 1 atom stereocenters. The van der Waals surface area contributed by atoms with Crippen LogP contribution in [-0.4, -0.2) is 23.8 Å². The molecular weight excluding hydrogens is 90.1 g/mol. The van der Waals surface area contributed by atoms with Crippen LogP contribution in [0.5, 0.6) is 0 Å². The largest absolute Gasteiger partial charge is 0.388 e. The van der Waals surface area contributed by atoms with Crippen molar-refractivity contribution in [2.45, 2.75) is 12.0 Å². The van der Waals surface area contributed by atoms with Gasteiger partial charge in [0.25, 0.3) is 0 Å². The fraction of sp³-hybridized carbons (Fsp3) is 0.800. The van der Waals surface area contributed by atoms with Crippen LogP contribution < -0.4 is 5.32 Å². The van der Waals surface area contributed by atoms with Gasteiger partial charge < -0.3 is 10.4 Å². The molecule has 2 N–H and O–H groups in total. The SMILES string of the molecule is [CH]C1(O)CCNC1. The monoisotopic (exact) mass is 99.1 g/mol. The van der Waals surface area contributed by atoms with Gasteiger partial charge in [0.1, 0.15) is 0 Å². The molecule has 2 heteroatoms. The van der Waals surface area contributed by atoms with E-state index < -0.39 is 5.60 Å². The van der Waals surface area contributed by atoms with Crippen molar-refractivity contribution in [3.63, 3.8) is 0 Å². The average Bonchev–Trinajstić information content (AvgIpc) is 1.84. The van der Waals surface area contributed by atoms with E-state index in [0.29, 0.717) is 13.0 Å². The molecular formula is C5H9NO. The lowest BCUT2D eigenvalue weighted by molar-refractivity contribution is 0.110. The van der Waals surface area contributed by atoms with Crippen LogP contribution in [0.15, 0.2) is 0 Å². The summed E-state index contributed by atoms with van der Waals surface area (Å²) in [6.07, 6.45) is 0.674. The predicted octanol–water partition coefficient (Wildman–Crippen LogP) is -0.578. The Balaban J connectivity index is 2.40. The second kappa shape index (κ2) is 1.46. The Morgan fingerprint density at radius 3 is 2.57 bits per heavy atom. The lowest BCUT2D eigenvalue weighted by Crippen LogP contribution is -2.26. The molecule has 0 bridgehead atoms. The fourth-order valence-corrected chi connectivity index (χ4v) is 0.698. The van der Waals surface area contributed by atoms with Crippen molar-refractivity contribution in [3.05, 3.63) is 6.92 Å². The summed E-state index contributed by atoms with van der Waals surface area (Å²) in [6.45, 7) is 6.65.